The maximum atomic E-state index is 13.0. The highest BCUT2D eigenvalue weighted by Crippen LogP contribution is 2.43. The van der Waals surface area contributed by atoms with Crippen LogP contribution in [0.4, 0.5) is 0 Å². The summed E-state index contributed by atoms with van der Waals surface area (Å²) >= 11 is 0. The zero-order valence-electron chi connectivity index (χ0n) is 51.4. The van der Waals surface area contributed by atoms with E-state index in [1.807, 2.05) is 27.2 Å². The molecular weight excluding hydrogens is 984 g/mol. The minimum absolute atomic E-state index is 0.0444. The number of rotatable bonds is 58. The fourth-order valence-corrected chi connectivity index (χ4v) is 9.70. The van der Waals surface area contributed by atoms with Crippen molar-refractivity contribution in [1.82, 2.24) is 5.32 Å². The minimum atomic E-state index is -4.38. The number of hydrogen-bond acceptors (Lipinski definition) is 5. The SMILES string of the molecule is CC/C=C\C/C=C\C/C=C\C/C=C\C/C=C\C/C=C\CCCCCCCCC(=O)NC(COP(=O)(O)OCC[N+](C)(C)C)C(O)/C=C/CC/C=C/CC/C=C/CCCCCCCCCCCCCCCCCCCCCCC. The van der Waals surface area contributed by atoms with Crippen LogP contribution < -0.4 is 5.32 Å². The Kier molecular flexibility index (Phi) is 56.7. The first-order valence-electron chi connectivity index (χ1n) is 32.3. The van der Waals surface area contributed by atoms with Gasteiger partial charge in [-0.25, -0.2) is 4.57 Å². The van der Waals surface area contributed by atoms with Gasteiger partial charge in [-0.05, 0) is 96.3 Å². The summed E-state index contributed by atoms with van der Waals surface area (Å²) < 4.78 is 23.7. The Hall–Kier alpha value is -2.84. The van der Waals surface area contributed by atoms with Crippen molar-refractivity contribution < 1.29 is 32.9 Å². The molecule has 450 valence electrons. The second-order valence-corrected chi connectivity index (χ2v) is 24.2. The van der Waals surface area contributed by atoms with E-state index < -0.39 is 20.0 Å². The van der Waals surface area contributed by atoms with Crippen LogP contribution in [0, 0.1) is 0 Å². The fourth-order valence-electron chi connectivity index (χ4n) is 8.96. The second-order valence-electron chi connectivity index (χ2n) is 22.7. The van der Waals surface area contributed by atoms with Gasteiger partial charge in [-0.1, -0.05) is 277 Å². The summed E-state index contributed by atoms with van der Waals surface area (Å²) in [6, 6.07) is -0.888. The van der Waals surface area contributed by atoms with Crippen LogP contribution in [-0.2, 0) is 18.4 Å². The van der Waals surface area contributed by atoms with Crippen LogP contribution in [0.15, 0.2) is 109 Å². The molecule has 0 radical (unpaired) electrons. The molecule has 0 bridgehead atoms. The fraction of sp³-hybridized carbons (Fsp3) is 0.725. The van der Waals surface area contributed by atoms with Gasteiger partial charge in [0, 0.05) is 6.42 Å². The molecule has 9 heteroatoms. The second kappa shape index (κ2) is 58.8. The first-order valence-corrected chi connectivity index (χ1v) is 33.8. The predicted molar refractivity (Wildman–Crippen MR) is 341 cm³/mol. The van der Waals surface area contributed by atoms with Gasteiger partial charge in [0.2, 0.25) is 5.91 Å². The number of likely N-dealkylation sites (N-methyl/N-ethyl adjacent to an activating group) is 1. The lowest BCUT2D eigenvalue weighted by molar-refractivity contribution is -0.870. The van der Waals surface area contributed by atoms with Crippen molar-refractivity contribution in [3.05, 3.63) is 109 Å². The number of phosphoric acid groups is 1. The third kappa shape index (κ3) is 60.8. The molecule has 0 aliphatic heterocycles. The normalized spacial score (nSPS) is 14.5. The standard InChI is InChI=1S/C69H123N2O6P/c1-6-8-10-12-14-16-18-20-22-24-26-28-30-32-33-34-35-36-37-39-40-42-44-46-48-50-52-54-56-58-60-62-68(72)67(66-77-78(74,75)76-65-64-71(3,4)5)70-69(73)63-61-59-57-55-53-51-49-47-45-43-41-38-31-29-27-25-23-21-19-17-15-13-11-9-7-2/h9,11,15,17,21,23,27,29,38,41,44-47,52,54,60,62,67-68,72H,6-8,10,12-14,16,18-20,22,24-26,28,30-37,39-40,42-43,48-51,53,55-59,61,63-66H2,1-5H3,(H-,70,73,74,75)/p+1/b11-9-,17-15-,23-21-,29-27-,41-38-,46-44+,47-45-,54-52+,62-60+. The highest BCUT2D eigenvalue weighted by atomic mass is 31.2. The molecule has 0 aliphatic rings. The van der Waals surface area contributed by atoms with Crippen molar-refractivity contribution >= 4 is 13.7 Å². The van der Waals surface area contributed by atoms with Gasteiger partial charge in [-0.15, -0.1) is 0 Å². The number of amides is 1. The largest absolute Gasteiger partial charge is 0.472 e. The lowest BCUT2D eigenvalue weighted by Gasteiger charge is -2.25. The van der Waals surface area contributed by atoms with E-state index in [2.05, 4.69) is 116 Å². The maximum Gasteiger partial charge on any atom is 0.472 e. The number of phosphoric ester groups is 1. The molecule has 1 amide bonds. The van der Waals surface area contributed by atoms with Gasteiger partial charge < -0.3 is 19.8 Å². The number of carbonyl (C=O) groups is 1. The Balaban J connectivity index is 4.25. The van der Waals surface area contributed by atoms with Crippen LogP contribution >= 0.6 is 7.82 Å². The lowest BCUT2D eigenvalue weighted by Crippen LogP contribution is -2.45. The number of allylic oxidation sites excluding steroid dienone is 17. The number of carbonyl (C=O) groups excluding carboxylic acids is 1. The van der Waals surface area contributed by atoms with E-state index in [1.54, 1.807) is 6.08 Å². The van der Waals surface area contributed by atoms with Gasteiger partial charge >= 0.3 is 7.82 Å². The van der Waals surface area contributed by atoms with Gasteiger partial charge in [0.05, 0.1) is 39.9 Å². The maximum absolute atomic E-state index is 13.0. The summed E-state index contributed by atoms with van der Waals surface area (Å²) in [5.74, 6) is -0.208. The van der Waals surface area contributed by atoms with Gasteiger partial charge in [0.15, 0.2) is 0 Å². The number of aliphatic hydroxyl groups excluding tert-OH is 1. The molecule has 0 spiro atoms. The number of nitrogens with zero attached hydrogens (tertiary/aromatic N) is 1. The predicted octanol–water partition coefficient (Wildman–Crippen LogP) is 20.3. The van der Waals surface area contributed by atoms with E-state index in [1.165, 1.54) is 148 Å². The van der Waals surface area contributed by atoms with Crippen LogP contribution in [-0.4, -0.2) is 73.4 Å². The summed E-state index contributed by atoms with van der Waals surface area (Å²) in [6.07, 6.45) is 86.5. The number of unbranched alkanes of at least 4 members (excludes halogenated alkanes) is 29. The van der Waals surface area contributed by atoms with E-state index in [4.69, 9.17) is 9.05 Å². The smallest absolute Gasteiger partial charge is 0.387 e. The molecule has 0 heterocycles. The van der Waals surface area contributed by atoms with Crippen LogP contribution in [0.5, 0.6) is 0 Å². The molecule has 0 aliphatic carbocycles. The molecule has 3 unspecified atom stereocenters. The number of nitrogens with one attached hydrogen (secondary N) is 1. The third-order valence-corrected chi connectivity index (χ3v) is 14.9. The Morgan fingerprint density at radius 2 is 0.782 bits per heavy atom. The molecule has 3 N–H and O–H groups in total. The molecule has 0 saturated carbocycles. The summed E-state index contributed by atoms with van der Waals surface area (Å²) in [5.41, 5.74) is 0. The molecule has 8 nitrogen and oxygen atoms in total. The zero-order chi connectivity index (χ0) is 57.0. The average molecular weight is 1110 g/mol. The summed E-state index contributed by atoms with van der Waals surface area (Å²) in [4.78, 5) is 23.4. The number of quaternary nitrogens is 1. The van der Waals surface area contributed by atoms with Crippen molar-refractivity contribution in [1.29, 1.82) is 0 Å². The Morgan fingerprint density at radius 3 is 1.18 bits per heavy atom. The van der Waals surface area contributed by atoms with Gasteiger partial charge in [0.25, 0.3) is 0 Å². The molecule has 0 rings (SSSR count). The molecule has 0 aromatic carbocycles. The summed E-state index contributed by atoms with van der Waals surface area (Å²) in [7, 11) is 1.52. The van der Waals surface area contributed by atoms with Crippen molar-refractivity contribution in [3.8, 4) is 0 Å². The Morgan fingerprint density at radius 1 is 0.449 bits per heavy atom. The first-order chi connectivity index (χ1) is 38.0. The van der Waals surface area contributed by atoms with E-state index in [0.29, 0.717) is 17.4 Å². The van der Waals surface area contributed by atoms with Crippen molar-refractivity contribution in [2.45, 2.75) is 283 Å². The van der Waals surface area contributed by atoms with Gasteiger partial charge in [0.1, 0.15) is 13.2 Å². The van der Waals surface area contributed by atoms with Gasteiger partial charge in [-0.3, -0.25) is 13.8 Å². The van der Waals surface area contributed by atoms with E-state index >= 15 is 0 Å². The van der Waals surface area contributed by atoms with Crippen LogP contribution in [0.2, 0.25) is 0 Å². The average Bonchev–Trinajstić information content (AvgIpc) is 3.41. The van der Waals surface area contributed by atoms with Gasteiger partial charge in [-0.2, -0.15) is 0 Å². The number of hydrogen-bond donors (Lipinski definition) is 3. The topological polar surface area (TPSA) is 105 Å². The summed E-state index contributed by atoms with van der Waals surface area (Å²) in [6.45, 7) is 4.67. The molecule has 0 fully saturated rings. The monoisotopic (exact) mass is 1110 g/mol. The van der Waals surface area contributed by atoms with Crippen molar-refractivity contribution in [2.75, 3.05) is 40.9 Å². The highest BCUT2D eigenvalue weighted by molar-refractivity contribution is 7.47. The number of aliphatic hydroxyl groups is 1. The minimum Gasteiger partial charge on any atom is -0.387 e. The Labute approximate surface area is 482 Å². The van der Waals surface area contributed by atoms with Crippen molar-refractivity contribution in [3.63, 3.8) is 0 Å². The van der Waals surface area contributed by atoms with E-state index in [-0.39, 0.29) is 19.1 Å². The van der Waals surface area contributed by atoms with Crippen LogP contribution in [0.3, 0.4) is 0 Å². The quantitative estimate of drug-likeness (QED) is 0.0243. The lowest BCUT2D eigenvalue weighted by atomic mass is 10.0. The molecular formula is C69H124N2O6P+. The molecule has 0 aromatic heterocycles. The van der Waals surface area contributed by atoms with Crippen LogP contribution in [0.1, 0.15) is 271 Å². The third-order valence-electron chi connectivity index (χ3n) is 14.0. The molecule has 78 heavy (non-hydrogen) atoms. The zero-order valence-corrected chi connectivity index (χ0v) is 52.3. The molecule has 0 saturated heterocycles. The highest BCUT2D eigenvalue weighted by Gasteiger charge is 2.27. The summed E-state index contributed by atoms with van der Waals surface area (Å²) in [5, 5.41) is 13.9. The van der Waals surface area contributed by atoms with E-state index in [9.17, 15) is 19.4 Å². The molecule has 3 atom stereocenters. The molecule has 0 aromatic rings. The van der Waals surface area contributed by atoms with Crippen LogP contribution in [0.25, 0.3) is 0 Å². The van der Waals surface area contributed by atoms with Crippen molar-refractivity contribution in [2.24, 2.45) is 0 Å². The van der Waals surface area contributed by atoms with E-state index in [0.717, 1.165) is 103 Å². The Bertz CT molecular complexity index is 1640. The first kappa shape index (κ1) is 75.2.